The lowest BCUT2D eigenvalue weighted by Gasteiger charge is -2.32. The number of methoxy groups -OCH3 is 1. The standard InChI is InChI=1S/C23H29NO4/c1-23(2,3)28-22(26)20(15-21(25)27-4)24(16-18-11-7-5-8-12-18)17-19-13-9-6-10-14-19/h5-14,20H,15-17H2,1-4H3/t20-/m0/s1. The van der Waals surface area contributed by atoms with Crippen LogP contribution in [-0.4, -0.2) is 35.6 Å². The Kier molecular flexibility index (Phi) is 7.76. The van der Waals surface area contributed by atoms with E-state index >= 15 is 0 Å². The van der Waals surface area contributed by atoms with E-state index in [-0.39, 0.29) is 6.42 Å². The Morgan fingerprint density at radius 2 is 1.36 bits per heavy atom. The van der Waals surface area contributed by atoms with Gasteiger partial charge in [-0.05, 0) is 31.9 Å². The molecule has 0 amide bonds. The highest BCUT2D eigenvalue weighted by Gasteiger charge is 2.33. The fourth-order valence-corrected chi connectivity index (χ4v) is 2.88. The van der Waals surface area contributed by atoms with Gasteiger partial charge in [-0.1, -0.05) is 60.7 Å². The zero-order valence-electron chi connectivity index (χ0n) is 17.1. The maximum absolute atomic E-state index is 13.0. The van der Waals surface area contributed by atoms with Crippen LogP contribution >= 0.6 is 0 Å². The molecule has 0 aromatic heterocycles. The van der Waals surface area contributed by atoms with E-state index in [0.29, 0.717) is 13.1 Å². The summed E-state index contributed by atoms with van der Waals surface area (Å²) < 4.78 is 10.5. The van der Waals surface area contributed by atoms with Crippen LogP contribution in [0.5, 0.6) is 0 Å². The van der Waals surface area contributed by atoms with Gasteiger partial charge < -0.3 is 9.47 Å². The number of benzene rings is 2. The number of ether oxygens (including phenoxy) is 2. The molecule has 0 fully saturated rings. The molecule has 0 saturated heterocycles. The predicted octanol–water partition coefficient (Wildman–Crippen LogP) is 3.96. The number of rotatable bonds is 8. The highest BCUT2D eigenvalue weighted by atomic mass is 16.6. The van der Waals surface area contributed by atoms with Gasteiger partial charge in [0.1, 0.15) is 11.6 Å². The molecule has 2 aromatic carbocycles. The zero-order chi connectivity index (χ0) is 20.6. The van der Waals surface area contributed by atoms with Gasteiger partial charge in [0.15, 0.2) is 0 Å². The van der Waals surface area contributed by atoms with Crippen molar-refractivity contribution < 1.29 is 19.1 Å². The quantitative estimate of drug-likeness (QED) is 0.646. The summed E-state index contributed by atoms with van der Waals surface area (Å²) in [6, 6.07) is 19.0. The van der Waals surface area contributed by atoms with Gasteiger partial charge in [0, 0.05) is 13.1 Å². The summed E-state index contributed by atoms with van der Waals surface area (Å²) in [5.74, 6) is -0.869. The number of nitrogens with zero attached hydrogens (tertiary/aromatic N) is 1. The van der Waals surface area contributed by atoms with Crippen LogP contribution in [0, 0.1) is 0 Å². The second-order valence-electron chi connectivity index (χ2n) is 7.71. The Morgan fingerprint density at radius 1 is 0.893 bits per heavy atom. The molecule has 0 radical (unpaired) electrons. The SMILES string of the molecule is COC(=O)C[C@@H](C(=O)OC(C)(C)C)N(Cc1ccccc1)Cc1ccccc1. The third kappa shape index (κ3) is 7.16. The lowest BCUT2D eigenvalue weighted by atomic mass is 10.1. The molecule has 0 unspecified atom stereocenters. The van der Waals surface area contributed by atoms with E-state index in [1.165, 1.54) is 7.11 Å². The lowest BCUT2D eigenvalue weighted by Crippen LogP contribution is -2.45. The highest BCUT2D eigenvalue weighted by molar-refractivity contribution is 5.83. The van der Waals surface area contributed by atoms with Crippen molar-refractivity contribution in [2.45, 2.75) is 51.9 Å². The Balaban J connectivity index is 2.34. The van der Waals surface area contributed by atoms with Crippen LogP contribution in [-0.2, 0) is 32.2 Å². The Labute approximate surface area is 167 Å². The molecule has 150 valence electrons. The van der Waals surface area contributed by atoms with E-state index in [1.54, 1.807) is 0 Å². The molecule has 0 aliphatic heterocycles. The van der Waals surface area contributed by atoms with Crippen LogP contribution in [0.4, 0.5) is 0 Å². The van der Waals surface area contributed by atoms with Gasteiger partial charge in [-0.25, -0.2) is 0 Å². The average Bonchev–Trinajstić information content (AvgIpc) is 2.65. The van der Waals surface area contributed by atoms with Gasteiger partial charge in [-0.15, -0.1) is 0 Å². The smallest absolute Gasteiger partial charge is 0.324 e. The largest absolute Gasteiger partial charge is 0.469 e. The highest BCUT2D eigenvalue weighted by Crippen LogP contribution is 2.20. The van der Waals surface area contributed by atoms with Gasteiger partial charge in [0.2, 0.25) is 0 Å². The van der Waals surface area contributed by atoms with Crippen molar-refractivity contribution in [2.24, 2.45) is 0 Å². The van der Waals surface area contributed by atoms with Crippen LogP contribution in [0.25, 0.3) is 0 Å². The summed E-state index contributed by atoms with van der Waals surface area (Å²) in [5, 5.41) is 0. The first-order valence-corrected chi connectivity index (χ1v) is 9.40. The van der Waals surface area contributed by atoms with E-state index in [0.717, 1.165) is 11.1 Å². The monoisotopic (exact) mass is 383 g/mol. The molecule has 5 heteroatoms. The summed E-state index contributed by atoms with van der Waals surface area (Å²) in [6.07, 6.45) is -0.0644. The summed E-state index contributed by atoms with van der Waals surface area (Å²) in [4.78, 5) is 27.0. The molecule has 0 N–H and O–H groups in total. The first kappa shape index (κ1) is 21.6. The summed E-state index contributed by atoms with van der Waals surface area (Å²) in [7, 11) is 1.33. The van der Waals surface area contributed by atoms with E-state index in [2.05, 4.69) is 0 Å². The fourth-order valence-electron chi connectivity index (χ4n) is 2.88. The molecule has 5 nitrogen and oxygen atoms in total. The van der Waals surface area contributed by atoms with Crippen molar-refractivity contribution in [3.8, 4) is 0 Å². The average molecular weight is 383 g/mol. The first-order valence-electron chi connectivity index (χ1n) is 9.40. The second-order valence-corrected chi connectivity index (χ2v) is 7.71. The van der Waals surface area contributed by atoms with Crippen molar-refractivity contribution in [3.63, 3.8) is 0 Å². The Bertz CT molecular complexity index is 712. The molecule has 0 heterocycles. The van der Waals surface area contributed by atoms with Crippen LogP contribution in [0.3, 0.4) is 0 Å². The number of carbonyl (C=O) groups excluding carboxylic acids is 2. The molecule has 1 atom stereocenters. The summed E-state index contributed by atoms with van der Waals surface area (Å²) in [5.41, 5.74) is 1.46. The minimum atomic E-state index is -0.743. The third-order valence-electron chi connectivity index (χ3n) is 4.16. The van der Waals surface area contributed by atoms with Gasteiger partial charge in [-0.3, -0.25) is 14.5 Å². The van der Waals surface area contributed by atoms with Crippen LogP contribution in [0.1, 0.15) is 38.3 Å². The van der Waals surface area contributed by atoms with Crippen molar-refractivity contribution in [2.75, 3.05) is 7.11 Å². The first-order chi connectivity index (χ1) is 13.3. The van der Waals surface area contributed by atoms with E-state index in [9.17, 15) is 9.59 Å². The normalized spacial score (nSPS) is 12.5. The van der Waals surface area contributed by atoms with Crippen LogP contribution in [0.15, 0.2) is 60.7 Å². The minimum Gasteiger partial charge on any atom is -0.469 e. The lowest BCUT2D eigenvalue weighted by molar-refractivity contribution is -0.165. The van der Waals surface area contributed by atoms with Crippen LogP contribution < -0.4 is 0 Å². The molecule has 0 aliphatic carbocycles. The number of hydrogen-bond donors (Lipinski definition) is 0. The number of esters is 2. The molecular formula is C23H29NO4. The molecule has 2 aromatic rings. The molecule has 0 bridgehead atoms. The van der Waals surface area contributed by atoms with Crippen molar-refractivity contribution in [1.29, 1.82) is 0 Å². The number of hydrogen-bond acceptors (Lipinski definition) is 5. The summed E-state index contributed by atoms with van der Waals surface area (Å²) in [6.45, 7) is 6.48. The second kappa shape index (κ2) is 10.0. The predicted molar refractivity (Wildman–Crippen MR) is 108 cm³/mol. The molecule has 0 saturated carbocycles. The van der Waals surface area contributed by atoms with E-state index in [4.69, 9.17) is 9.47 Å². The van der Waals surface area contributed by atoms with Crippen LogP contribution in [0.2, 0.25) is 0 Å². The van der Waals surface area contributed by atoms with Gasteiger partial charge in [0.25, 0.3) is 0 Å². The van der Waals surface area contributed by atoms with Crippen molar-refractivity contribution >= 4 is 11.9 Å². The summed E-state index contributed by atoms with van der Waals surface area (Å²) >= 11 is 0. The maximum atomic E-state index is 13.0. The number of carbonyl (C=O) groups is 2. The maximum Gasteiger partial charge on any atom is 0.324 e. The van der Waals surface area contributed by atoms with Gasteiger partial charge in [-0.2, -0.15) is 0 Å². The Morgan fingerprint density at radius 3 is 1.75 bits per heavy atom. The van der Waals surface area contributed by atoms with Gasteiger partial charge >= 0.3 is 11.9 Å². The molecular weight excluding hydrogens is 354 g/mol. The minimum absolute atomic E-state index is 0.0644. The van der Waals surface area contributed by atoms with E-state index < -0.39 is 23.6 Å². The topological polar surface area (TPSA) is 55.8 Å². The zero-order valence-corrected chi connectivity index (χ0v) is 17.1. The molecule has 0 spiro atoms. The molecule has 2 rings (SSSR count). The van der Waals surface area contributed by atoms with Gasteiger partial charge in [0.05, 0.1) is 13.5 Å². The molecule has 0 aliphatic rings. The van der Waals surface area contributed by atoms with E-state index in [1.807, 2.05) is 86.3 Å². The fraction of sp³-hybridized carbons (Fsp3) is 0.391. The third-order valence-corrected chi connectivity index (χ3v) is 4.16. The Hall–Kier alpha value is -2.66. The van der Waals surface area contributed by atoms with Crippen molar-refractivity contribution in [1.82, 2.24) is 4.90 Å². The van der Waals surface area contributed by atoms with Crippen molar-refractivity contribution in [3.05, 3.63) is 71.8 Å². The molecule has 28 heavy (non-hydrogen) atoms.